The standard InChI is InChI=1S/C20H18N2O5S2/c1-3-27-16-10-12(4-9-15(16)23)11-17-19(25)22(20(28)29-17)21-18(24)13-5-7-14(26-2)8-6-13/h4-11,23H,3H2,1-2H3,(H,21,24). The number of aromatic hydroxyl groups is 1. The molecule has 0 bridgehead atoms. The first-order valence-electron chi connectivity index (χ1n) is 8.61. The van der Waals surface area contributed by atoms with Gasteiger partial charge in [0.15, 0.2) is 15.8 Å². The maximum atomic E-state index is 12.7. The number of phenols is 1. The van der Waals surface area contributed by atoms with E-state index in [4.69, 9.17) is 21.7 Å². The number of nitrogens with zero attached hydrogens (tertiary/aromatic N) is 1. The van der Waals surface area contributed by atoms with E-state index in [0.717, 1.165) is 16.8 Å². The van der Waals surface area contributed by atoms with Crippen LogP contribution >= 0.6 is 24.0 Å². The van der Waals surface area contributed by atoms with Crippen molar-refractivity contribution in [2.45, 2.75) is 6.92 Å². The number of hydrazine groups is 1. The molecule has 29 heavy (non-hydrogen) atoms. The predicted octanol–water partition coefficient (Wildman–Crippen LogP) is 3.35. The number of hydrogen-bond acceptors (Lipinski definition) is 7. The van der Waals surface area contributed by atoms with Crippen molar-refractivity contribution in [3.63, 3.8) is 0 Å². The van der Waals surface area contributed by atoms with Crippen molar-refractivity contribution >= 4 is 46.2 Å². The Morgan fingerprint density at radius 1 is 1.28 bits per heavy atom. The molecule has 1 fully saturated rings. The van der Waals surface area contributed by atoms with Crippen molar-refractivity contribution in [3.05, 3.63) is 58.5 Å². The van der Waals surface area contributed by atoms with Gasteiger partial charge in [-0.05, 0) is 67.2 Å². The highest BCUT2D eigenvalue weighted by atomic mass is 32.2. The fraction of sp³-hybridized carbons (Fsp3) is 0.150. The molecule has 0 spiro atoms. The molecule has 0 unspecified atom stereocenters. The average Bonchev–Trinajstić information content (AvgIpc) is 2.98. The molecule has 2 aromatic rings. The Morgan fingerprint density at radius 2 is 2.00 bits per heavy atom. The van der Waals surface area contributed by atoms with Crippen LogP contribution in [0.4, 0.5) is 0 Å². The van der Waals surface area contributed by atoms with Crippen molar-refractivity contribution in [1.82, 2.24) is 10.4 Å². The van der Waals surface area contributed by atoms with Gasteiger partial charge >= 0.3 is 0 Å². The number of benzene rings is 2. The quantitative estimate of drug-likeness (QED) is 0.537. The smallest absolute Gasteiger partial charge is 0.285 e. The lowest BCUT2D eigenvalue weighted by Crippen LogP contribution is -2.44. The molecule has 7 nitrogen and oxygen atoms in total. The zero-order chi connectivity index (χ0) is 21.0. The fourth-order valence-electron chi connectivity index (χ4n) is 2.52. The molecule has 0 saturated carbocycles. The highest BCUT2D eigenvalue weighted by molar-refractivity contribution is 8.26. The van der Waals surface area contributed by atoms with Crippen LogP contribution in [0.1, 0.15) is 22.8 Å². The molecule has 2 N–H and O–H groups in total. The van der Waals surface area contributed by atoms with E-state index < -0.39 is 11.8 Å². The number of rotatable bonds is 6. The summed E-state index contributed by atoms with van der Waals surface area (Å²) in [6, 6.07) is 11.3. The highest BCUT2D eigenvalue weighted by Crippen LogP contribution is 2.33. The maximum absolute atomic E-state index is 12.7. The molecule has 1 aliphatic rings. The number of amides is 2. The lowest BCUT2D eigenvalue weighted by molar-refractivity contribution is -0.123. The van der Waals surface area contributed by atoms with E-state index in [1.54, 1.807) is 42.5 Å². The minimum atomic E-state index is -0.464. The van der Waals surface area contributed by atoms with Crippen LogP contribution in [0.2, 0.25) is 0 Å². The van der Waals surface area contributed by atoms with Crippen LogP contribution < -0.4 is 14.9 Å². The normalized spacial score (nSPS) is 15.0. The Hall–Kier alpha value is -3.04. The van der Waals surface area contributed by atoms with Gasteiger partial charge in [0.2, 0.25) is 0 Å². The molecule has 150 valence electrons. The Bertz CT molecular complexity index is 989. The molecule has 3 rings (SSSR count). The first-order valence-corrected chi connectivity index (χ1v) is 9.84. The molecule has 0 aliphatic carbocycles. The summed E-state index contributed by atoms with van der Waals surface area (Å²) < 4.78 is 10.6. The Balaban J connectivity index is 1.76. The molecule has 2 aromatic carbocycles. The monoisotopic (exact) mass is 430 g/mol. The third kappa shape index (κ3) is 4.69. The van der Waals surface area contributed by atoms with Crippen molar-refractivity contribution in [1.29, 1.82) is 0 Å². The summed E-state index contributed by atoms with van der Waals surface area (Å²) >= 11 is 6.31. The largest absolute Gasteiger partial charge is 0.504 e. The lowest BCUT2D eigenvalue weighted by atomic mass is 10.2. The number of carbonyl (C=O) groups is 2. The van der Waals surface area contributed by atoms with Gasteiger partial charge in [0.05, 0.1) is 18.6 Å². The Morgan fingerprint density at radius 3 is 2.66 bits per heavy atom. The number of nitrogens with one attached hydrogen (secondary N) is 1. The van der Waals surface area contributed by atoms with E-state index in [1.165, 1.54) is 13.2 Å². The maximum Gasteiger partial charge on any atom is 0.285 e. The van der Waals surface area contributed by atoms with E-state index in [0.29, 0.717) is 34.1 Å². The van der Waals surface area contributed by atoms with Crippen LogP contribution in [0.3, 0.4) is 0 Å². The minimum Gasteiger partial charge on any atom is -0.504 e. The minimum absolute atomic E-state index is 0.0169. The molecule has 2 amide bonds. The summed E-state index contributed by atoms with van der Waals surface area (Å²) in [6.07, 6.45) is 1.63. The van der Waals surface area contributed by atoms with E-state index in [9.17, 15) is 14.7 Å². The second-order valence-corrected chi connectivity index (χ2v) is 7.52. The average molecular weight is 431 g/mol. The highest BCUT2D eigenvalue weighted by Gasteiger charge is 2.33. The summed E-state index contributed by atoms with van der Waals surface area (Å²) in [5.74, 6) is 0.0598. The van der Waals surface area contributed by atoms with Crippen molar-refractivity contribution in [3.8, 4) is 17.2 Å². The molecule has 9 heteroatoms. The van der Waals surface area contributed by atoms with E-state index in [-0.39, 0.29) is 10.1 Å². The number of thiocarbonyl (C=S) groups is 1. The molecule has 0 radical (unpaired) electrons. The van der Waals surface area contributed by atoms with Crippen molar-refractivity contribution in [2.24, 2.45) is 0 Å². The summed E-state index contributed by atoms with van der Waals surface area (Å²) in [5.41, 5.74) is 3.55. The van der Waals surface area contributed by atoms with Crippen molar-refractivity contribution in [2.75, 3.05) is 13.7 Å². The Labute approximate surface area is 177 Å². The summed E-state index contributed by atoms with van der Waals surface area (Å²) in [6.45, 7) is 2.21. The molecule has 1 saturated heterocycles. The third-order valence-electron chi connectivity index (χ3n) is 3.94. The van der Waals surface area contributed by atoms with Gasteiger partial charge in [0.25, 0.3) is 11.8 Å². The topological polar surface area (TPSA) is 88.1 Å². The van der Waals surface area contributed by atoms with Gasteiger partial charge in [-0.3, -0.25) is 15.0 Å². The van der Waals surface area contributed by atoms with Crippen LogP contribution in [0.25, 0.3) is 6.08 Å². The van der Waals surface area contributed by atoms with E-state index in [1.807, 2.05) is 6.92 Å². The fourth-order valence-corrected chi connectivity index (χ4v) is 3.70. The van der Waals surface area contributed by atoms with Crippen LogP contribution in [-0.2, 0) is 4.79 Å². The first kappa shape index (κ1) is 20.7. The third-order valence-corrected chi connectivity index (χ3v) is 5.24. The van der Waals surface area contributed by atoms with Gasteiger partial charge in [-0.1, -0.05) is 17.8 Å². The summed E-state index contributed by atoms with van der Waals surface area (Å²) in [4.78, 5) is 25.5. The van der Waals surface area contributed by atoms with Crippen LogP contribution in [0.5, 0.6) is 17.2 Å². The molecule has 1 aliphatic heterocycles. The number of ether oxygens (including phenoxy) is 2. The van der Waals surface area contributed by atoms with E-state index in [2.05, 4.69) is 5.43 Å². The predicted molar refractivity (Wildman–Crippen MR) is 115 cm³/mol. The first-order chi connectivity index (χ1) is 13.9. The number of thioether (sulfide) groups is 1. The van der Waals surface area contributed by atoms with Gasteiger partial charge in [0, 0.05) is 5.56 Å². The Kier molecular flexibility index (Phi) is 6.40. The molecule has 0 aromatic heterocycles. The van der Waals surface area contributed by atoms with E-state index >= 15 is 0 Å². The van der Waals surface area contributed by atoms with Crippen LogP contribution in [-0.4, -0.2) is 40.0 Å². The number of hydrogen-bond donors (Lipinski definition) is 2. The lowest BCUT2D eigenvalue weighted by Gasteiger charge is -2.15. The number of phenolic OH excluding ortho intramolecular Hbond substituents is 1. The second-order valence-electron chi connectivity index (χ2n) is 5.85. The SMILES string of the molecule is CCOc1cc(C=C2SC(=S)N(NC(=O)c3ccc(OC)cc3)C2=O)ccc1O. The zero-order valence-corrected chi connectivity index (χ0v) is 17.3. The van der Waals surface area contributed by atoms with Crippen molar-refractivity contribution < 1.29 is 24.2 Å². The summed E-state index contributed by atoms with van der Waals surface area (Å²) in [5, 5.41) is 10.8. The van der Waals surface area contributed by atoms with Gasteiger partial charge in [-0.2, -0.15) is 5.01 Å². The molecule has 0 atom stereocenters. The van der Waals surface area contributed by atoms with Gasteiger partial charge < -0.3 is 14.6 Å². The van der Waals surface area contributed by atoms with Gasteiger partial charge in [-0.15, -0.1) is 0 Å². The summed E-state index contributed by atoms with van der Waals surface area (Å²) in [7, 11) is 1.53. The molecular formula is C20H18N2O5S2. The number of methoxy groups -OCH3 is 1. The molecular weight excluding hydrogens is 412 g/mol. The van der Waals surface area contributed by atoms with Crippen LogP contribution in [0.15, 0.2) is 47.4 Å². The van der Waals surface area contributed by atoms with Crippen LogP contribution in [0, 0.1) is 0 Å². The number of carbonyl (C=O) groups excluding carboxylic acids is 2. The van der Waals surface area contributed by atoms with Gasteiger partial charge in [0.1, 0.15) is 5.75 Å². The molecule has 1 heterocycles. The zero-order valence-electron chi connectivity index (χ0n) is 15.7. The van der Waals surface area contributed by atoms with Gasteiger partial charge in [-0.25, -0.2) is 0 Å². The second kappa shape index (κ2) is 8.97.